The van der Waals surface area contributed by atoms with Gasteiger partial charge in [0, 0.05) is 0 Å². The van der Waals surface area contributed by atoms with E-state index >= 15 is 0 Å². The summed E-state index contributed by atoms with van der Waals surface area (Å²) >= 11 is 0. The molecule has 0 bridgehead atoms. The molecule has 1 amide bonds. The van der Waals surface area contributed by atoms with Gasteiger partial charge in [-0.05, 0) is 38.0 Å². The van der Waals surface area contributed by atoms with Gasteiger partial charge >= 0.3 is 11.9 Å². The molecule has 0 saturated carbocycles. The average molecular weight is 265 g/mol. The Balaban J connectivity index is 3.51. The Kier molecular flexibility index (Phi) is 4.63. The van der Waals surface area contributed by atoms with E-state index in [1.807, 2.05) is 0 Å². The fourth-order valence-electron chi connectivity index (χ4n) is 1.95. The first-order valence-corrected chi connectivity index (χ1v) is 5.68. The van der Waals surface area contributed by atoms with E-state index in [2.05, 4.69) is 5.32 Å². The number of aryl methyl sites for hydroxylation is 1. The van der Waals surface area contributed by atoms with Crippen molar-refractivity contribution in [3.05, 3.63) is 28.3 Å². The van der Waals surface area contributed by atoms with Gasteiger partial charge in [0.2, 0.25) is 6.41 Å². The number of anilines is 1. The lowest BCUT2D eigenvalue weighted by molar-refractivity contribution is -0.105. The van der Waals surface area contributed by atoms with Gasteiger partial charge in [0.15, 0.2) is 0 Å². The van der Waals surface area contributed by atoms with Crippen LogP contribution in [0.15, 0.2) is 6.07 Å². The van der Waals surface area contributed by atoms with E-state index in [-0.39, 0.29) is 29.0 Å². The molecule has 0 atom stereocenters. The minimum absolute atomic E-state index is 0.110. The van der Waals surface area contributed by atoms with Crippen molar-refractivity contribution in [3.8, 4) is 0 Å². The second-order valence-corrected chi connectivity index (χ2v) is 3.90. The van der Waals surface area contributed by atoms with Crippen LogP contribution in [0.3, 0.4) is 0 Å². The Morgan fingerprint density at radius 1 is 1.37 bits per heavy atom. The van der Waals surface area contributed by atoms with Crippen LogP contribution in [0.2, 0.25) is 0 Å². The van der Waals surface area contributed by atoms with E-state index in [1.54, 1.807) is 13.8 Å². The second kappa shape index (κ2) is 5.99. The number of rotatable bonds is 5. The highest BCUT2D eigenvalue weighted by Gasteiger charge is 2.22. The molecule has 6 nitrogen and oxygen atoms in total. The number of ether oxygens (including phenoxy) is 1. The maximum Gasteiger partial charge on any atom is 0.338 e. The third-order valence-electron chi connectivity index (χ3n) is 2.68. The van der Waals surface area contributed by atoms with Crippen LogP contribution in [0, 0.1) is 13.8 Å². The Morgan fingerprint density at radius 2 is 2.00 bits per heavy atom. The molecule has 1 aromatic carbocycles. The van der Waals surface area contributed by atoms with Crippen molar-refractivity contribution in [1.82, 2.24) is 0 Å². The predicted octanol–water partition coefficient (Wildman–Crippen LogP) is 1.75. The summed E-state index contributed by atoms with van der Waals surface area (Å²) in [6.07, 6.45) is 0.394. The summed E-state index contributed by atoms with van der Waals surface area (Å²) in [5, 5.41) is 11.5. The zero-order valence-corrected chi connectivity index (χ0v) is 10.9. The van der Waals surface area contributed by atoms with E-state index in [0.717, 1.165) is 0 Å². The molecule has 0 heterocycles. The van der Waals surface area contributed by atoms with E-state index in [4.69, 9.17) is 4.74 Å². The summed E-state index contributed by atoms with van der Waals surface area (Å²) in [5.41, 5.74) is 1.09. The SMILES string of the molecule is CCOC(=O)c1c(C)cc(NC=O)c(C(=O)O)c1C. The first-order valence-electron chi connectivity index (χ1n) is 5.68. The van der Waals surface area contributed by atoms with Gasteiger partial charge in [-0.3, -0.25) is 4.79 Å². The maximum atomic E-state index is 11.8. The van der Waals surface area contributed by atoms with Crippen molar-refractivity contribution >= 4 is 24.0 Å². The van der Waals surface area contributed by atoms with Crippen LogP contribution >= 0.6 is 0 Å². The van der Waals surface area contributed by atoms with Crippen LogP contribution in [-0.4, -0.2) is 30.1 Å². The van der Waals surface area contributed by atoms with Crippen LogP contribution in [-0.2, 0) is 9.53 Å². The number of carbonyl (C=O) groups excluding carboxylic acids is 2. The van der Waals surface area contributed by atoms with Gasteiger partial charge in [0.05, 0.1) is 23.4 Å². The number of benzene rings is 1. The molecule has 0 aliphatic rings. The summed E-state index contributed by atoms with van der Waals surface area (Å²) in [5.74, 6) is -1.79. The molecule has 0 fully saturated rings. The molecule has 0 aliphatic heterocycles. The molecule has 102 valence electrons. The smallest absolute Gasteiger partial charge is 0.338 e. The predicted molar refractivity (Wildman–Crippen MR) is 68.5 cm³/mol. The minimum atomic E-state index is -1.22. The van der Waals surface area contributed by atoms with Gasteiger partial charge in [0.1, 0.15) is 0 Å². The quantitative estimate of drug-likeness (QED) is 0.625. The number of carboxylic acids is 1. The molecule has 6 heteroatoms. The molecular weight excluding hydrogens is 250 g/mol. The number of esters is 1. The summed E-state index contributed by atoms with van der Waals surface area (Å²) in [7, 11) is 0. The zero-order valence-electron chi connectivity index (χ0n) is 10.9. The van der Waals surface area contributed by atoms with Crippen LogP contribution in [0.25, 0.3) is 0 Å². The van der Waals surface area contributed by atoms with Gasteiger partial charge in [-0.15, -0.1) is 0 Å². The first kappa shape index (κ1) is 14.7. The molecule has 0 aliphatic carbocycles. The zero-order chi connectivity index (χ0) is 14.6. The van der Waals surface area contributed by atoms with Gasteiger partial charge in [-0.1, -0.05) is 0 Å². The van der Waals surface area contributed by atoms with Crippen molar-refractivity contribution < 1.29 is 24.2 Å². The van der Waals surface area contributed by atoms with E-state index in [0.29, 0.717) is 12.0 Å². The topological polar surface area (TPSA) is 92.7 Å². The molecule has 0 saturated heterocycles. The largest absolute Gasteiger partial charge is 0.478 e. The molecule has 0 spiro atoms. The number of hydrogen-bond donors (Lipinski definition) is 2. The van der Waals surface area contributed by atoms with Crippen LogP contribution in [0.1, 0.15) is 38.8 Å². The van der Waals surface area contributed by atoms with Crippen LogP contribution < -0.4 is 5.32 Å². The lowest BCUT2D eigenvalue weighted by Crippen LogP contribution is -2.15. The number of hydrogen-bond acceptors (Lipinski definition) is 4. The van der Waals surface area contributed by atoms with E-state index in [1.165, 1.54) is 13.0 Å². The molecule has 0 radical (unpaired) electrons. The Labute approximate surface area is 110 Å². The third-order valence-corrected chi connectivity index (χ3v) is 2.68. The van der Waals surface area contributed by atoms with Gasteiger partial charge < -0.3 is 15.2 Å². The van der Waals surface area contributed by atoms with Gasteiger partial charge in [-0.25, -0.2) is 9.59 Å². The summed E-state index contributed by atoms with van der Waals surface area (Å²) in [6.45, 7) is 5.04. The Bertz CT molecular complexity index is 536. The number of nitrogens with one attached hydrogen (secondary N) is 1. The molecule has 0 unspecified atom stereocenters. The summed E-state index contributed by atoms with van der Waals surface area (Å²) in [6, 6.07) is 1.44. The molecule has 0 aromatic heterocycles. The van der Waals surface area contributed by atoms with Crippen molar-refractivity contribution in [2.75, 3.05) is 11.9 Å². The molecule has 1 rings (SSSR count). The average Bonchev–Trinajstić information content (AvgIpc) is 2.28. The summed E-state index contributed by atoms with van der Waals surface area (Å²) < 4.78 is 4.90. The highest BCUT2D eigenvalue weighted by atomic mass is 16.5. The van der Waals surface area contributed by atoms with Crippen molar-refractivity contribution in [1.29, 1.82) is 0 Å². The van der Waals surface area contributed by atoms with E-state index in [9.17, 15) is 19.5 Å². The fraction of sp³-hybridized carbons (Fsp3) is 0.308. The second-order valence-electron chi connectivity index (χ2n) is 3.90. The minimum Gasteiger partial charge on any atom is -0.478 e. The van der Waals surface area contributed by atoms with Crippen molar-refractivity contribution in [2.24, 2.45) is 0 Å². The Hall–Kier alpha value is -2.37. The molecule has 1 aromatic rings. The standard InChI is InChI=1S/C13H15NO5/c1-4-19-13(18)10-7(2)5-9(14-6-15)11(8(10)3)12(16)17/h5-6H,4H2,1-3H3,(H,14,15)(H,16,17). The fourth-order valence-corrected chi connectivity index (χ4v) is 1.95. The lowest BCUT2D eigenvalue weighted by Gasteiger charge is -2.15. The number of carbonyl (C=O) groups is 3. The highest BCUT2D eigenvalue weighted by molar-refractivity contribution is 6.03. The van der Waals surface area contributed by atoms with Crippen LogP contribution in [0.5, 0.6) is 0 Å². The monoisotopic (exact) mass is 265 g/mol. The van der Waals surface area contributed by atoms with Gasteiger partial charge in [-0.2, -0.15) is 0 Å². The van der Waals surface area contributed by atoms with Crippen LogP contribution in [0.4, 0.5) is 5.69 Å². The maximum absolute atomic E-state index is 11.8. The molecule has 19 heavy (non-hydrogen) atoms. The normalized spacial score (nSPS) is 9.84. The Morgan fingerprint density at radius 3 is 2.47 bits per heavy atom. The third kappa shape index (κ3) is 2.90. The number of carboxylic acid groups (broad SMARTS) is 1. The molecular formula is C13H15NO5. The number of amides is 1. The first-order chi connectivity index (χ1) is 8.93. The highest BCUT2D eigenvalue weighted by Crippen LogP contribution is 2.27. The lowest BCUT2D eigenvalue weighted by atomic mass is 9.95. The van der Waals surface area contributed by atoms with Gasteiger partial charge in [0.25, 0.3) is 0 Å². The van der Waals surface area contributed by atoms with Crippen molar-refractivity contribution in [2.45, 2.75) is 20.8 Å². The molecule has 2 N–H and O–H groups in total. The summed E-state index contributed by atoms with van der Waals surface area (Å²) in [4.78, 5) is 33.6. The number of aromatic carboxylic acids is 1. The van der Waals surface area contributed by atoms with E-state index < -0.39 is 11.9 Å². The van der Waals surface area contributed by atoms with Crippen molar-refractivity contribution in [3.63, 3.8) is 0 Å².